The number of nitrogens with one attached hydrogen (secondary N) is 2. The van der Waals surface area contributed by atoms with Gasteiger partial charge in [0.05, 0.1) is 12.1 Å². The summed E-state index contributed by atoms with van der Waals surface area (Å²) in [6, 6.07) is 6.02. The van der Waals surface area contributed by atoms with Crippen molar-refractivity contribution in [2.45, 2.75) is 38.8 Å². The van der Waals surface area contributed by atoms with Gasteiger partial charge in [-0.15, -0.1) is 0 Å². The number of piperidine rings is 1. The Morgan fingerprint density at radius 1 is 1.42 bits per heavy atom. The number of carbonyl (C=O) groups is 1. The zero-order valence-electron chi connectivity index (χ0n) is 11.4. The molecule has 0 saturated carbocycles. The largest absolute Gasteiger partial charge is 0.348 e. The Hall–Kier alpha value is -1.42. The molecule has 1 fully saturated rings. The topological polar surface area (TPSA) is 41.1 Å². The fourth-order valence-electron chi connectivity index (χ4n) is 2.54. The zero-order chi connectivity index (χ0) is 13.8. The van der Waals surface area contributed by atoms with E-state index in [1.165, 1.54) is 12.1 Å². The van der Waals surface area contributed by atoms with Gasteiger partial charge in [-0.1, -0.05) is 19.1 Å². The van der Waals surface area contributed by atoms with Crippen LogP contribution in [0.4, 0.5) is 4.39 Å². The van der Waals surface area contributed by atoms with Gasteiger partial charge in [0.2, 0.25) is 5.91 Å². The molecule has 1 heterocycles. The Morgan fingerprint density at radius 3 is 2.74 bits per heavy atom. The van der Waals surface area contributed by atoms with Crippen molar-refractivity contribution in [3.8, 4) is 0 Å². The van der Waals surface area contributed by atoms with Crippen LogP contribution in [0.2, 0.25) is 0 Å². The first kappa shape index (κ1) is 14.0. The first-order valence-electron chi connectivity index (χ1n) is 6.87. The maximum atomic E-state index is 12.9. The van der Waals surface area contributed by atoms with Crippen LogP contribution in [0.15, 0.2) is 24.3 Å². The van der Waals surface area contributed by atoms with Gasteiger partial charge in [0, 0.05) is 0 Å². The molecule has 1 aromatic carbocycles. The highest BCUT2D eigenvalue weighted by Crippen LogP contribution is 2.18. The fourth-order valence-corrected chi connectivity index (χ4v) is 2.54. The Bertz CT molecular complexity index is 432. The minimum atomic E-state index is -0.259. The number of hydrogen-bond donors (Lipinski definition) is 2. The Labute approximate surface area is 113 Å². The summed E-state index contributed by atoms with van der Waals surface area (Å²) in [5.74, 6) is 0.128. The second-order valence-corrected chi connectivity index (χ2v) is 5.33. The molecule has 3 nitrogen and oxygen atoms in total. The van der Waals surface area contributed by atoms with Crippen molar-refractivity contribution in [2.24, 2.45) is 5.92 Å². The van der Waals surface area contributed by atoms with E-state index in [-0.39, 0.29) is 23.8 Å². The number of amides is 1. The monoisotopic (exact) mass is 264 g/mol. The van der Waals surface area contributed by atoms with Crippen LogP contribution in [-0.2, 0) is 4.79 Å². The predicted molar refractivity (Wildman–Crippen MR) is 73.1 cm³/mol. The van der Waals surface area contributed by atoms with Gasteiger partial charge in [-0.25, -0.2) is 4.39 Å². The van der Waals surface area contributed by atoms with Crippen molar-refractivity contribution in [1.82, 2.24) is 10.6 Å². The van der Waals surface area contributed by atoms with Gasteiger partial charge in [-0.2, -0.15) is 0 Å². The normalized spacial score (nSPS) is 24.8. The third-order valence-corrected chi connectivity index (χ3v) is 3.78. The fraction of sp³-hybridized carbons (Fsp3) is 0.533. The lowest BCUT2D eigenvalue weighted by Gasteiger charge is -2.30. The van der Waals surface area contributed by atoms with Gasteiger partial charge >= 0.3 is 0 Å². The molecule has 104 valence electrons. The number of hydrogen-bond acceptors (Lipinski definition) is 2. The summed E-state index contributed by atoms with van der Waals surface area (Å²) in [5.41, 5.74) is 0.915. The van der Waals surface area contributed by atoms with Gasteiger partial charge in [0.1, 0.15) is 5.82 Å². The van der Waals surface area contributed by atoms with E-state index in [4.69, 9.17) is 0 Å². The second kappa shape index (κ2) is 6.15. The van der Waals surface area contributed by atoms with Gasteiger partial charge < -0.3 is 10.6 Å². The van der Waals surface area contributed by atoms with Crippen LogP contribution in [0.1, 0.15) is 38.3 Å². The highest BCUT2D eigenvalue weighted by atomic mass is 19.1. The highest BCUT2D eigenvalue weighted by molar-refractivity contribution is 5.82. The van der Waals surface area contributed by atoms with E-state index in [1.807, 2.05) is 6.92 Å². The van der Waals surface area contributed by atoms with E-state index in [1.54, 1.807) is 12.1 Å². The standard InChI is InChI=1S/C15H21FN2O/c1-10-4-3-9-17-14(10)15(19)18-11(2)12-5-7-13(16)8-6-12/h5-8,10-11,14,17H,3-4,9H2,1-2H3,(H,18,19)/t10?,11-,14?/m1/s1. The SMILES string of the molecule is CC1CCCNC1C(=O)N[C@H](C)c1ccc(F)cc1. The Kier molecular flexibility index (Phi) is 4.53. The first-order valence-corrected chi connectivity index (χ1v) is 6.87. The maximum Gasteiger partial charge on any atom is 0.237 e. The quantitative estimate of drug-likeness (QED) is 0.880. The lowest BCUT2D eigenvalue weighted by molar-refractivity contribution is -0.125. The van der Waals surface area contributed by atoms with Crippen molar-refractivity contribution < 1.29 is 9.18 Å². The molecule has 1 aliphatic rings. The summed E-state index contributed by atoms with van der Waals surface area (Å²) in [6.07, 6.45) is 2.20. The molecule has 2 rings (SSSR count). The molecule has 0 radical (unpaired) electrons. The summed E-state index contributed by atoms with van der Waals surface area (Å²) in [6.45, 7) is 4.91. The van der Waals surface area contributed by atoms with Crippen LogP contribution >= 0.6 is 0 Å². The molecule has 2 unspecified atom stereocenters. The lowest BCUT2D eigenvalue weighted by atomic mass is 9.92. The van der Waals surface area contributed by atoms with E-state index in [0.717, 1.165) is 24.9 Å². The summed E-state index contributed by atoms with van der Waals surface area (Å²) in [4.78, 5) is 12.2. The lowest BCUT2D eigenvalue weighted by Crippen LogP contribution is -2.51. The molecule has 0 aliphatic carbocycles. The average Bonchev–Trinajstić information content (AvgIpc) is 2.39. The van der Waals surface area contributed by atoms with Gasteiger partial charge in [-0.05, 0) is 49.9 Å². The van der Waals surface area contributed by atoms with Crippen molar-refractivity contribution in [1.29, 1.82) is 0 Å². The summed E-state index contributed by atoms with van der Waals surface area (Å²) >= 11 is 0. The van der Waals surface area contributed by atoms with Crippen molar-refractivity contribution in [3.63, 3.8) is 0 Å². The Balaban J connectivity index is 1.96. The molecule has 0 aromatic heterocycles. The molecule has 1 saturated heterocycles. The Morgan fingerprint density at radius 2 is 2.11 bits per heavy atom. The van der Waals surface area contributed by atoms with Crippen LogP contribution in [0, 0.1) is 11.7 Å². The van der Waals surface area contributed by atoms with Crippen molar-refractivity contribution in [3.05, 3.63) is 35.6 Å². The smallest absolute Gasteiger partial charge is 0.237 e. The molecule has 0 spiro atoms. The molecular formula is C15H21FN2O. The molecule has 1 amide bonds. The van der Waals surface area contributed by atoms with E-state index >= 15 is 0 Å². The molecule has 1 aliphatic heterocycles. The molecule has 4 heteroatoms. The van der Waals surface area contributed by atoms with E-state index in [0.29, 0.717) is 5.92 Å². The predicted octanol–water partition coefficient (Wildman–Crippen LogP) is 2.39. The highest BCUT2D eigenvalue weighted by Gasteiger charge is 2.28. The van der Waals surface area contributed by atoms with Crippen molar-refractivity contribution >= 4 is 5.91 Å². The van der Waals surface area contributed by atoms with Gasteiger partial charge in [-0.3, -0.25) is 4.79 Å². The van der Waals surface area contributed by atoms with Crippen LogP contribution in [0.3, 0.4) is 0 Å². The zero-order valence-corrected chi connectivity index (χ0v) is 11.4. The molecule has 1 aromatic rings. The van der Waals surface area contributed by atoms with Crippen LogP contribution < -0.4 is 10.6 Å². The molecular weight excluding hydrogens is 243 g/mol. The van der Waals surface area contributed by atoms with E-state index < -0.39 is 0 Å². The third kappa shape index (κ3) is 3.53. The molecule has 3 atom stereocenters. The number of carbonyl (C=O) groups excluding carboxylic acids is 1. The summed E-state index contributed by atoms with van der Waals surface area (Å²) in [7, 11) is 0. The molecule has 2 N–H and O–H groups in total. The van der Waals surface area contributed by atoms with Crippen molar-refractivity contribution in [2.75, 3.05) is 6.54 Å². The second-order valence-electron chi connectivity index (χ2n) is 5.33. The summed E-state index contributed by atoms with van der Waals surface area (Å²) < 4.78 is 12.9. The van der Waals surface area contributed by atoms with Crippen LogP contribution in [0.25, 0.3) is 0 Å². The van der Waals surface area contributed by atoms with E-state index in [2.05, 4.69) is 17.6 Å². The first-order chi connectivity index (χ1) is 9.08. The molecule has 19 heavy (non-hydrogen) atoms. The number of halogens is 1. The number of benzene rings is 1. The van der Waals surface area contributed by atoms with Crippen LogP contribution in [0.5, 0.6) is 0 Å². The number of rotatable bonds is 3. The van der Waals surface area contributed by atoms with Gasteiger partial charge in [0.25, 0.3) is 0 Å². The summed E-state index contributed by atoms with van der Waals surface area (Å²) in [5, 5.41) is 6.25. The van der Waals surface area contributed by atoms with Crippen LogP contribution in [-0.4, -0.2) is 18.5 Å². The minimum absolute atomic E-state index is 0.0315. The molecule has 0 bridgehead atoms. The average molecular weight is 264 g/mol. The minimum Gasteiger partial charge on any atom is -0.348 e. The van der Waals surface area contributed by atoms with E-state index in [9.17, 15) is 9.18 Å². The third-order valence-electron chi connectivity index (χ3n) is 3.78. The van der Waals surface area contributed by atoms with Gasteiger partial charge in [0.15, 0.2) is 0 Å². The maximum absolute atomic E-state index is 12.9.